The van der Waals surface area contributed by atoms with Crippen LogP contribution < -0.4 is 5.32 Å². The van der Waals surface area contributed by atoms with Gasteiger partial charge in [0, 0.05) is 42.0 Å². The van der Waals surface area contributed by atoms with E-state index < -0.39 is 6.04 Å². The molecule has 1 saturated carbocycles. The van der Waals surface area contributed by atoms with Crippen molar-refractivity contribution in [3.8, 4) is 0 Å². The number of fused-ring (bicyclic) bond motifs is 1. The van der Waals surface area contributed by atoms with Crippen LogP contribution in [0, 0.1) is 0 Å². The minimum atomic E-state index is -0.396. The molecule has 2 N–H and O–H groups in total. The molecule has 32 heavy (non-hydrogen) atoms. The number of hydrogen-bond donors (Lipinski definition) is 2. The van der Waals surface area contributed by atoms with Crippen LogP contribution in [0.5, 0.6) is 0 Å². The number of benzene rings is 2. The molecule has 1 aliphatic carbocycles. The third-order valence-corrected chi connectivity index (χ3v) is 7.44. The first-order valence-electron chi connectivity index (χ1n) is 11.8. The van der Waals surface area contributed by atoms with Crippen LogP contribution in [0.25, 0.3) is 10.9 Å². The van der Waals surface area contributed by atoms with E-state index in [0.29, 0.717) is 25.9 Å². The highest BCUT2D eigenvalue weighted by atomic mass is 16.2. The molecule has 2 amide bonds. The highest BCUT2D eigenvalue weighted by Crippen LogP contribution is 2.39. The van der Waals surface area contributed by atoms with Crippen LogP contribution in [0.2, 0.25) is 0 Å². The molecule has 1 aliphatic heterocycles. The molecule has 1 saturated heterocycles. The zero-order valence-corrected chi connectivity index (χ0v) is 18.5. The molecule has 5 rings (SSSR count). The molecule has 2 aromatic carbocycles. The Hall–Kier alpha value is -3.08. The van der Waals surface area contributed by atoms with Gasteiger partial charge in [-0.1, -0.05) is 67.8 Å². The van der Waals surface area contributed by atoms with Gasteiger partial charge in [-0.3, -0.25) is 9.59 Å². The molecule has 3 aromatic rings. The third kappa shape index (κ3) is 3.92. The molecule has 2 aliphatic rings. The highest BCUT2D eigenvalue weighted by molar-refractivity contribution is 5.91. The number of hydrogen-bond acceptors (Lipinski definition) is 2. The Labute approximate surface area is 189 Å². The van der Waals surface area contributed by atoms with Gasteiger partial charge >= 0.3 is 0 Å². The number of aromatic nitrogens is 1. The molecule has 5 heteroatoms. The Balaban J connectivity index is 1.31. The van der Waals surface area contributed by atoms with Crippen molar-refractivity contribution >= 4 is 22.7 Å². The Kier molecular flexibility index (Phi) is 5.73. The number of carbonyl (C=O) groups is 2. The largest absolute Gasteiger partial charge is 0.361 e. The number of amides is 2. The second-order valence-corrected chi connectivity index (χ2v) is 9.36. The fourth-order valence-electron chi connectivity index (χ4n) is 5.61. The SMILES string of the molecule is O=C(NCC1(c2ccccc2)CCCCC1)C1CCC(=O)N1Cc1c[nH]c2ccccc12. The van der Waals surface area contributed by atoms with Gasteiger partial charge in [0.15, 0.2) is 0 Å². The first kappa shape index (κ1) is 20.8. The van der Waals surface area contributed by atoms with E-state index in [1.54, 1.807) is 4.90 Å². The number of nitrogens with one attached hydrogen (secondary N) is 2. The Morgan fingerprint density at radius 1 is 1.03 bits per heavy atom. The summed E-state index contributed by atoms with van der Waals surface area (Å²) in [6.45, 7) is 1.10. The minimum Gasteiger partial charge on any atom is -0.361 e. The van der Waals surface area contributed by atoms with E-state index in [9.17, 15) is 9.59 Å². The quantitative estimate of drug-likeness (QED) is 0.598. The van der Waals surface area contributed by atoms with Gasteiger partial charge in [0.25, 0.3) is 0 Å². The number of likely N-dealkylation sites (tertiary alicyclic amines) is 1. The molecule has 2 fully saturated rings. The Morgan fingerprint density at radius 2 is 1.78 bits per heavy atom. The monoisotopic (exact) mass is 429 g/mol. The summed E-state index contributed by atoms with van der Waals surface area (Å²) in [4.78, 5) is 31.0. The van der Waals surface area contributed by atoms with Crippen molar-refractivity contribution in [3.05, 3.63) is 71.9 Å². The van der Waals surface area contributed by atoms with Crippen LogP contribution in [0.1, 0.15) is 56.1 Å². The standard InChI is InChI=1S/C27H31N3O2/c31-25-14-13-24(30(25)18-20-17-28-23-12-6-5-11-22(20)23)26(32)29-19-27(15-7-2-8-16-27)21-9-3-1-4-10-21/h1,3-6,9-12,17,24,28H,2,7-8,13-16,18-19H2,(H,29,32). The summed E-state index contributed by atoms with van der Waals surface area (Å²) in [5, 5.41) is 4.37. The predicted molar refractivity (Wildman–Crippen MR) is 126 cm³/mol. The normalized spacial score (nSPS) is 20.6. The third-order valence-electron chi connectivity index (χ3n) is 7.44. The first-order valence-corrected chi connectivity index (χ1v) is 11.8. The Morgan fingerprint density at radius 3 is 2.59 bits per heavy atom. The van der Waals surface area contributed by atoms with Crippen LogP contribution in [0.15, 0.2) is 60.8 Å². The van der Waals surface area contributed by atoms with E-state index in [1.165, 1.54) is 24.8 Å². The maximum atomic E-state index is 13.3. The van der Waals surface area contributed by atoms with Gasteiger partial charge < -0.3 is 15.2 Å². The fourth-order valence-corrected chi connectivity index (χ4v) is 5.61. The number of aromatic amines is 1. The molecule has 1 unspecified atom stereocenters. The van der Waals surface area contributed by atoms with Crippen LogP contribution in [0.3, 0.4) is 0 Å². The fraction of sp³-hybridized carbons (Fsp3) is 0.407. The number of rotatable bonds is 6. The lowest BCUT2D eigenvalue weighted by molar-refractivity contribution is -0.135. The Bertz CT molecular complexity index is 1100. The molecular weight excluding hydrogens is 398 g/mol. The zero-order valence-electron chi connectivity index (χ0n) is 18.5. The van der Waals surface area contributed by atoms with Crippen LogP contribution in [-0.2, 0) is 21.5 Å². The van der Waals surface area contributed by atoms with Gasteiger partial charge in [0.2, 0.25) is 11.8 Å². The summed E-state index contributed by atoms with van der Waals surface area (Å²) in [6.07, 6.45) is 8.82. The summed E-state index contributed by atoms with van der Waals surface area (Å²) < 4.78 is 0. The van der Waals surface area contributed by atoms with Crippen molar-refractivity contribution in [2.45, 2.75) is 62.9 Å². The van der Waals surface area contributed by atoms with Crippen molar-refractivity contribution in [2.75, 3.05) is 6.54 Å². The minimum absolute atomic E-state index is 0.000542. The van der Waals surface area contributed by atoms with Gasteiger partial charge in [-0.2, -0.15) is 0 Å². The first-order chi connectivity index (χ1) is 15.7. The van der Waals surface area contributed by atoms with Gasteiger partial charge in [-0.05, 0) is 36.5 Å². The van der Waals surface area contributed by atoms with Crippen molar-refractivity contribution in [1.82, 2.24) is 15.2 Å². The van der Waals surface area contributed by atoms with Gasteiger partial charge in [0.05, 0.1) is 0 Å². The van der Waals surface area contributed by atoms with E-state index in [1.807, 2.05) is 30.5 Å². The summed E-state index contributed by atoms with van der Waals surface area (Å²) in [6, 6.07) is 18.3. The summed E-state index contributed by atoms with van der Waals surface area (Å²) in [7, 11) is 0. The van der Waals surface area contributed by atoms with Gasteiger partial charge in [0.1, 0.15) is 6.04 Å². The number of para-hydroxylation sites is 1. The van der Waals surface area contributed by atoms with E-state index in [-0.39, 0.29) is 17.2 Å². The lowest BCUT2D eigenvalue weighted by Gasteiger charge is -2.38. The predicted octanol–water partition coefficient (Wildman–Crippen LogP) is 4.68. The number of H-pyrrole nitrogens is 1. The molecule has 0 spiro atoms. The zero-order chi connectivity index (χ0) is 22.0. The van der Waals surface area contributed by atoms with Crippen molar-refractivity contribution in [2.24, 2.45) is 0 Å². The average molecular weight is 430 g/mol. The van der Waals surface area contributed by atoms with Gasteiger partial charge in [-0.25, -0.2) is 0 Å². The van der Waals surface area contributed by atoms with Crippen molar-refractivity contribution in [3.63, 3.8) is 0 Å². The maximum absolute atomic E-state index is 13.3. The molecule has 0 radical (unpaired) electrons. The summed E-state index contributed by atoms with van der Waals surface area (Å²) in [5.41, 5.74) is 3.43. The van der Waals surface area contributed by atoms with Crippen LogP contribution in [0.4, 0.5) is 0 Å². The van der Waals surface area contributed by atoms with Crippen LogP contribution in [-0.4, -0.2) is 34.3 Å². The van der Waals surface area contributed by atoms with Crippen LogP contribution >= 0.6 is 0 Å². The molecule has 166 valence electrons. The molecule has 1 aromatic heterocycles. The van der Waals surface area contributed by atoms with E-state index in [2.05, 4.69) is 40.6 Å². The number of nitrogens with zero attached hydrogens (tertiary/aromatic N) is 1. The lowest BCUT2D eigenvalue weighted by atomic mass is 9.69. The highest BCUT2D eigenvalue weighted by Gasteiger charge is 2.39. The van der Waals surface area contributed by atoms with E-state index in [0.717, 1.165) is 29.3 Å². The number of carbonyl (C=O) groups excluding carboxylic acids is 2. The molecule has 5 nitrogen and oxygen atoms in total. The van der Waals surface area contributed by atoms with Gasteiger partial charge in [-0.15, -0.1) is 0 Å². The van der Waals surface area contributed by atoms with Crippen molar-refractivity contribution < 1.29 is 9.59 Å². The molecule has 1 atom stereocenters. The molecular formula is C27H31N3O2. The van der Waals surface area contributed by atoms with E-state index >= 15 is 0 Å². The summed E-state index contributed by atoms with van der Waals surface area (Å²) >= 11 is 0. The molecule has 0 bridgehead atoms. The summed E-state index contributed by atoms with van der Waals surface area (Å²) in [5.74, 6) is 0.0439. The smallest absolute Gasteiger partial charge is 0.242 e. The van der Waals surface area contributed by atoms with E-state index in [4.69, 9.17) is 0 Å². The second-order valence-electron chi connectivity index (χ2n) is 9.36. The maximum Gasteiger partial charge on any atom is 0.242 e. The van der Waals surface area contributed by atoms with Crippen molar-refractivity contribution in [1.29, 1.82) is 0 Å². The lowest BCUT2D eigenvalue weighted by Crippen LogP contribution is -2.49. The second kappa shape index (κ2) is 8.81. The topological polar surface area (TPSA) is 65.2 Å². The average Bonchev–Trinajstić information content (AvgIpc) is 3.43. The molecule has 2 heterocycles.